The lowest BCUT2D eigenvalue weighted by Gasteiger charge is -2.63. The zero-order valence-electron chi connectivity index (χ0n) is 21.3. The first kappa shape index (κ1) is 29.2. The van der Waals surface area contributed by atoms with Crippen LogP contribution in [0.3, 0.4) is 0 Å². The summed E-state index contributed by atoms with van der Waals surface area (Å²) < 4.78 is 53.0. The average Bonchev–Trinajstić information content (AvgIpc) is 3.31. The van der Waals surface area contributed by atoms with Gasteiger partial charge in [-0.2, -0.15) is 0 Å². The quantitative estimate of drug-likeness (QED) is 0.376. The lowest BCUT2D eigenvalue weighted by molar-refractivity contribution is -0.221. The molecule has 5 nitrogen and oxygen atoms in total. The van der Waals surface area contributed by atoms with Crippen LogP contribution in [0.15, 0.2) is 29.9 Å². The number of ether oxygens (including phenoxy) is 1. The number of ketones is 1. The molecular formula is C27H27Cl2F3O5S2. The third-order valence-corrected chi connectivity index (χ3v) is 11.9. The second-order valence-electron chi connectivity index (χ2n) is 11.4. The van der Waals surface area contributed by atoms with Crippen LogP contribution >= 0.6 is 46.3 Å². The monoisotopic (exact) mass is 622 g/mol. The van der Waals surface area contributed by atoms with E-state index in [0.29, 0.717) is 11.8 Å². The van der Waals surface area contributed by atoms with Gasteiger partial charge in [0.1, 0.15) is 16.5 Å². The Bertz CT molecular complexity index is 1320. The van der Waals surface area contributed by atoms with Crippen LogP contribution in [-0.4, -0.2) is 51.5 Å². The molecule has 1 heterocycles. The summed E-state index contributed by atoms with van der Waals surface area (Å²) in [4.78, 5) is 39.2. The largest absolute Gasteiger partial charge is 0.446 e. The van der Waals surface area contributed by atoms with Crippen molar-refractivity contribution in [2.75, 3.05) is 6.01 Å². The van der Waals surface area contributed by atoms with E-state index in [9.17, 15) is 23.9 Å². The first-order chi connectivity index (χ1) is 18.2. The number of carbonyl (C=O) groups is 3. The fourth-order valence-corrected chi connectivity index (χ4v) is 10.3. The maximum absolute atomic E-state index is 17.4. The molecule has 39 heavy (non-hydrogen) atoms. The van der Waals surface area contributed by atoms with Crippen molar-refractivity contribution in [1.29, 1.82) is 0 Å². The van der Waals surface area contributed by atoms with Crippen LogP contribution in [0.2, 0.25) is 8.67 Å². The van der Waals surface area contributed by atoms with Gasteiger partial charge >= 0.3 is 5.97 Å². The molecule has 5 unspecified atom stereocenters. The molecule has 9 atom stereocenters. The third-order valence-electron chi connectivity index (χ3n) is 9.79. The van der Waals surface area contributed by atoms with Gasteiger partial charge < -0.3 is 9.84 Å². The highest BCUT2D eigenvalue weighted by Crippen LogP contribution is 2.72. The van der Waals surface area contributed by atoms with Crippen LogP contribution < -0.4 is 0 Å². The molecule has 1 aromatic rings. The molecule has 0 spiro atoms. The van der Waals surface area contributed by atoms with Gasteiger partial charge in [-0.05, 0) is 67.7 Å². The van der Waals surface area contributed by atoms with Crippen molar-refractivity contribution in [1.82, 2.24) is 0 Å². The minimum atomic E-state index is -2.37. The molecule has 0 bridgehead atoms. The molecule has 0 saturated heterocycles. The molecule has 0 amide bonds. The molecule has 212 valence electrons. The van der Waals surface area contributed by atoms with Gasteiger partial charge in [-0.15, -0.1) is 11.3 Å². The van der Waals surface area contributed by atoms with Gasteiger partial charge in [0, 0.05) is 22.7 Å². The zero-order valence-corrected chi connectivity index (χ0v) is 24.5. The Morgan fingerprint density at radius 1 is 1.26 bits per heavy atom. The number of aliphatic hydroxyl groups is 1. The lowest BCUT2D eigenvalue weighted by atomic mass is 9.44. The molecular weight excluding hydrogens is 596 g/mol. The van der Waals surface area contributed by atoms with Gasteiger partial charge in [0.2, 0.25) is 5.12 Å². The lowest BCUT2D eigenvalue weighted by Crippen LogP contribution is -2.70. The van der Waals surface area contributed by atoms with E-state index in [-0.39, 0.29) is 39.1 Å². The second kappa shape index (κ2) is 9.61. The van der Waals surface area contributed by atoms with E-state index in [2.05, 4.69) is 0 Å². The Balaban J connectivity index is 1.64. The number of hydrogen-bond acceptors (Lipinski definition) is 7. The van der Waals surface area contributed by atoms with Gasteiger partial charge in [-0.25, -0.2) is 18.0 Å². The van der Waals surface area contributed by atoms with E-state index in [1.54, 1.807) is 13.8 Å². The van der Waals surface area contributed by atoms with Crippen molar-refractivity contribution in [3.63, 3.8) is 0 Å². The third kappa shape index (κ3) is 3.80. The van der Waals surface area contributed by atoms with Crippen molar-refractivity contribution in [2.24, 2.45) is 28.6 Å². The molecule has 3 saturated carbocycles. The number of fused-ring (bicyclic) bond motifs is 5. The summed E-state index contributed by atoms with van der Waals surface area (Å²) in [5.74, 6) is -3.94. The molecule has 4 aliphatic carbocycles. The molecule has 1 aromatic heterocycles. The summed E-state index contributed by atoms with van der Waals surface area (Å²) in [6.45, 7) is 4.76. The number of alkyl halides is 3. The number of halogens is 5. The van der Waals surface area contributed by atoms with Crippen molar-refractivity contribution >= 4 is 63.2 Å². The molecule has 4 aliphatic rings. The average molecular weight is 624 g/mol. The van der Waals surface area contributed by atoms with E-state index in [1.165, 1.54) is 25.1 Å². The Hall–Kier alpha value is -1.33. The fraction of sp³-hybridized carbons (Fsp3) is 0.593. The van der Waals surface area contributed by atoms with Crippen LogP contribution in [0.4, 0.5) is 13.2 Å². The van der Waals surface area contributed by atoms with Crippen molar-refractivity contribution < 1.29 is 37.4 Å². The summed E-state index contributed by atoms with van der Waals surface area (Å²) in [6, 6.07) is 0.215. The number of thioether (sulfide) groups is 1. The highest BCUT2D eigenvalue weighted by molar-refractivity contribution is 8.13. The van der Waals surface area contributed by atoms with Gasteiger partial charge in [0.25, 0.3) is 0 Å². The summed E-state index contributed by atoms with van der Waals surface area (Å²) in [7, 11) is 0. The minimum Gasteiger partial charge on any atom is -0.446 e. The summed E-state index contributed by atoms with van der Waals surface area (Å²) in [6.07, 6.45) is -0.258. The molecule has 5 rings (SSSR count). The number of thiophene rings is 1. The van der Waals surface area contributed by atoms with E-state index in [1.807, 2.05) is 0 Å². The molecule has 0 radical (unpaired) electrons. The highest BCUT2D eigenvalue weighted by atomic mass is 35.5. The molecule has 1 N–H and O–H groups in total. The topological polar surface area (TPSA) is 80.7 Å². The molecule has 0 aliphatic heterocycles. The van der Waals surface area contributed by atoms with Gasteiger partial charge in [-0.1, -0.05) is 43.1 Å². The van der Waals surface area contributed by atoms with Crippen molar-refractivity contribution in [3.8, 4) is 0 Å². The van der Waals surface area contributed by atoms with Crippen molar-refractivity contribution in [2.45, 2.75) is 63.6 Å². The smallest absolute Gasteiger partial charge is 0.341 e. The number of carbonyl (C=O) groups excluding carboxylic acids is 3. The van der Waals surface area contributed by atoms with Crippen LogP contribution in [0.5, 0.6) is 0 Å². The second-order valence-corrected chi connectivity index (χ2v) is 14.6. The maximum Gasteiger partial charge on any atom is 0.341 e. The first-order valence-electron chi connectivity index (χ1n) is 12.5. The SMILES string of the molecule is CC1C[C@H]2[C@@H]3CC(F)C4=CC(=O)C=C[C@]4(C)C3(F)C(O)C[C@]2(C)C1(OC(=O)c1cc(Cl)sc1Cl)C(=O)SCF. The Labute approximate surface area is 242 Å². The Kier molecular flexibility index (Phi) is 7.19. The Morgan fingerprint density at radius 2 is 1.95 bits per heavy atom. The van der Waals surface area contributed by atoms with Gasteiger partial charge in [-0.3, -0.25) is 9.59 Å². The summed E-state index contributed by atoms with van der Waals surface area (Å²) in [5.41, 5.74) is -7.41. The number of rotatable bonds is 4. The minimum absolute atomic E-state index is 0.0202. The number of esters is 1. The van der Waals surface area contributed by atoms with E-state index in [4.69, 9.17) is 27.9 Å². The number of allylic oxidation sites excluding steroid dienone is 4. The van der Waals surface area contributed by atoms with Crippen LogP contribution in [0, 0.1) is 28.6 Å². The van der Waals surface area contributed by atoms with Gasteiger partial charge in [0.15, 0.2) is 17.1 Å². The normalized spacial score (nSPS) is 42.8. The predicted molar refractivity (Wildman–Crippen MR) is 144 cm³/mol. The maximum atomic E-state index is 17.4. The van der Waals surface area contributed by atoms with Gasteiger partial charge in [0.05, 0.1) is 16.0 Å². The molecule has 12 heteroatoms. The standard InChI is InChI=1S/C27H27Cl2F3O5S2/c1-12-6-15-16-9-18(31)17-7-13(33)4-5-24(17,2)26(16,32)19(34)10-25(15,3)27(12,23(36)38-11-30)37-22(35)14-8-20(28)39-21(14)29/h4-5,7-8,12,15-16,18-19,34H,6,9-11H2,1-3H3/t12?,15-,16-,18?,19?,24-,25-,26?,27?/m0/s1. The first-order valence-corrected chi connectivity index (χ1v) is 15.1. The number of aliphatic hydroxyl groups excluding tert-OH is 1. The van der Waals surface area contributed by atoms with E-state index in [0.717, 1.165) is 17.4 Å². The van der Waals surface area contributed by atoms with Crippen LogP contribution in [0.25, 0.3) is 0 Å². The van der Waals surface area contributed by atoms with Crippen LogP contribution in [-0.2, 0) is 14.3 Å². The number of hydrogen-bond donors (Lipinski definition) is 1. The van der Waals surface area contributed by atoms with E-state index >= 15 is 8.78 Å². The van der Waals surface area contributed by atoms with Crippen molar-refractivity contribution in [3.05, 3.63) is 44.1 Å². The molecule has 0 aromatic carbocycles. The van der Waals surface area contributed by atoms with Crippen LogP contribution in [0.1, 0.15) is 50.4 Å². The Morgan fingerprint density at radius 3 is 2.56 bits per heavy atom. The zero-order chi connectivity index (χ0) is 28.7. The van der Waals surface area contributed by atoms with E-state index < -0.39 is 75.0 Å². The predicted octanol–water partition coefficient (Wildman–Crippen LogP) is 6.70. The fourth-order valence-electron chi connectivity index (χ4n) is 8.06. The summed E-state index contributed by atoms with van der Waals surface area (Å²) >= 11 is 13.4. The summed E-state index contributed by atoms with van der Waals surface area (Å²) in [5, 5.41) is 10.8. The highest BCUT2D eigenvalue weighted by Gasteiger charge is 2.78. The molecule has 3 fully saturated rings.